The molecule has 46 heavy (non-hydrogen) atoms. The fraction of sp³-hybridized carbons (Fsp3) is 0.562. The van der Waals surface area contributed by atoms with E-state index in [-0.39, 0.29) is 43.7 Å². The molecule has 3 fully saturated rings. The fourth-order valence-electron chi connectivity index (χ4n) is 6.05. The van der Waals surface area contributed by atoms with E-state index in [1.807, 2.05) is 13.0 Å². The Morgan fingerprint density at radius 2 is 1.87 bits per heavy atom. The van der Waals surface area contributed by atoms with Crippen LogP contribution < -0.4 is 26.7 Å². The smallest absolute Gasteiger partial charge is 0.289 e. The number of likely N-dealkylation sites (tertiary alicyclic amines) is 1. The van der Waals surface area contributed by atoms with Gasteiger partial charge in [0, 0.05) is 29.5 Å². The third kappa shape index (κ3) is 7.52. The van der Waals surface area contributed by atoms with E-state index in [4.69, 9.17) is 16.4 Å². The Balaban J connectivity index is 1.40. The van der Waals surface area contributed by atoms with Crippen LogP contribution in [0.2, 0.25) is 5.02 Å². The van der Waals surface area contributed by atoms with E-state index in [2.05, 4.69) is 26.7 Å². The molecule has 3 aliphatic heterocycles. The molecule has 1 aliphatic carbocycles. The molecule has 0 radical (unpaired) electrons. The Morgan fingerprint density at radius 3 is 2.50 bits per heavy atom. The van der Waals surface area contributed by atoms with Crippen molar-refractivity contribution in [2.24, 2.45) is 5.92 Å². The van der Waals surface area contributed by atoms with Crippen LogP contribution in [0, 0.1) is 5.92 Å². The molecule has 5 N–H and O–H groups in total. The third-order valence-corrected chi connectivity index (χ3v) is 8.97. The maximum atomic E-state index is 14.2. The van der Waals surface area contributed by atoms with E-state index < -0.39 is 59.2 Å². The number of nitrogens with zero attached hydrogens (tertiary/aromatic N) is 1. The van der Waals surface area contributed by atoms with Crippen LogP contribution >= 0.6 is 11.6 Å². The minimum Gasteiger partial charge on any atom is -0.347 e. The van der Waals surface area contributed by atoms with Gasteiger partial charge in [-0.15, -0.1) is 0 Å². The average molecular weight is 657 g/mol. The van der Waals surface area contributed by atoms with Crippen LogP contribution in [0.5, 0.6) is 0 Å². The van der Waals surface area contributed by atoms with Gasteiger partial charge in [0.2, 0.25) is 29.4 Å². The number of benzene rings is 1. The molecule has 5 amide bonds. The first-order valence-corrected chi connectivity index (χ1v) is 16.3. The molecule has 5 atom stereocenters. The molecule has 13 nitrogen and oxygen atoms in total. The molecule has 1 spiro atoms. The zero-order chi connectivity index (χ0) is 33.2. The van der Waals surface area contributed by atoms with Crippen LogP contribution in [0.25, 0.3) is 5.70 Å². The van der Waals surface area contributed by atoms with Crippen molar-refractivity contribution >= 4 is 52.6 Å². The number of ketones is 1. The summed E-state index contributed by atoms with van der Waals surface area (Å²) < 4.78 is 0. The molecular weight excluding hydrogens is 616 g/mol. The van der Waals surface area contributed by atoms with Crippen LogP contribution in [0.1, 0.15) is 71.3 Å². The maximum absolute atomic E-state index is 14.2. The van der Waals surface area contributed by atoms with Gasteiger partial charge in [0.05, 0.1) is 18.3 Å². The Hall–Kier alpha value is -3.97. The minimum atomic E-state index is -1.12. The van der Waals surface area contributed by atoms with Crippen molar-refractivity contribution in [1.82, 2.24) is 31.6 Å². The summed E-state index contributed by atoms with van der Waals surface area (Å²) in [4.78, 5) is 86.0. The number of hydroxylamine groups is 1. The minimum absolute atomic E-state index is 0.0227. The summed E-state index contributed by atoms with van der Waals surface area (Å²) in [7, 11) is 0. The normalized spacial score (nSPS) is 25.0. The number of hydrogen-bond donors (Lipinski definition) is 5. The number of Topliss-reactive ketones (excluding diaryl/α,β-unsaturated/α-hetero) is 1. The van der Waals surface area contributed by atoms with Crippen molar-refractivity contribution in [2.45, 2.75) is 102 Å². The first-order valence-electron chi connectivity index (χ1n) is 15.9. The Morgan fingerprint density at radius 1 is 1.11 bits per heavy atom. The molecule has 248 valence electrons. The second kappa shape index (κ2) is 13.8. The molecule has 3 heterocycles. The standard InChI is InChI=1S/C32H41ClN6O7/c1-4-6-21(27(41)30(44)34-20-9-10-20)36-29(43)24-15-32(14-23(38-46-32)18-7-5-8-19(33)13-18)16-39(24)31(45)26(17(2)3)37-28(42)22-11-12-25(40)35-22/h5,7-8,13-14,17,20-22,24,26,38H,4,6,9-12,15-16H2,1-3H3,(H,34,44)(H,35,40)(H,36,43)(H,37,42)/t21-,22?,24-,26-,32+/m0/s1. The summed E-state index contributed by atoms with van der Waals surface area (Å²) in [6.07, 6.45) is 4.78. The molecule has 1 unspecified atom stereocenters. The molecule has 0 aromatic heterocycles. The van der Waals surface area contributed by atoms with Crippen LogP contribution in [-0.2, 0) is 33.6 Å². The highest BCUT2D eigenvalue weighted by atomic mass is 35.5. The van der Waals surface area contributed by atoms with Gasteiger partial charge in [-0.05, 0) is 49.8 Å². The van der Waals surface area contributed by atoms with E-state index in [0.29, 0.717) is 23.6 Å². The van der Waals surface area contributed by atoms with E-state index >= 15 is 0 Å². The second-order valence-electron chi connectivity index (χ2n) is 12.9. The van der Waals surface area contributed by atoms with Gasteiger partial charge >= 0.3 is 0 Å². The molecule has 1 saturated carbocycles. The molecule has 0 bridgehead atoms. The van der Waals surface area contributed by atoms with Crippen LogP contribution in [-0.4, -0.2) is 82.6 Å². The fourth-order valence-corrected chi connectivity index (χ4v) is 6.24. The molecule has 14 heteroatoms. The highest BCUT2D eigenvalue weighted by molar-refractivity contribution is 6.38. The van der Waals surface area contributed by atoms with Gasteiger partial charge in [0.1, 0.15) is 23.7 Å². The molecular formula is C32H41ClN6O7. The number of carbonyl (C=O) groups excluding carboxylic acids is 6. The molecule has 1 aromatic carbocycles. The van der Waals surface area contributed by atoms with E-state index in [1.165, 1.54) is 4.90 Å². The monoisotopic (exact) mass is 656 g/mol. The second-order valence-corrected chi connectivity index (χ2v) is 13.3. The van der Waals surface area contributed by atoms with Gasteiger partial charge in [0.25, 0.3) is 5.91 Å². The number of nitrogens with one attached hydrogen (secondary N) is 5. The van der Waals surface area contributed by atoms with Gasteiger partial charge in [-0.1, -0.05) is 50.9 Å². The molecule has 5 rings (SSSR count). The van der Waals surface area contributed by atoms with Crippen molar-refractivity contribution in [3.8, 4) is 0 Å². The lowest BCUT2D eigenvalue weighted by molar-refractivity contribution is -0.144. The van der Waals surface area contributed by atoms with Crippen molar-refractivity contribution in [3.63, 3.8) is 0 Å². The van der Waals surface area contributed by atoms with Gasteiger partial charge in [0.15, 0.2) is 0 Å². The topological polar surface area (TPSA) is 175 Å². The van der Waals surface area contributed by atoms with E-state index in [9.17, 15) is 28.8 Å². The van der Waals surface area contributed by atoms with Gasteiger partial charge in [-0.25, -0.2) is 0 Å². The summed E-state index contributed by atoms with van der Waals surface area (Å²) in [6.45, 7) is 5.36. The number of hydrogen-bond acceptors (Lipinski definition) is 8. The SMILES string of the molecule is CCC[C@H](NC(=O)[C@@H]1C[C@]2(C=C(c3cccc(Cl)c3)NO2)CN1C(=O)[C@@H](NC(=O)C1CCC(=O)N1)C(C)C)C(=O)C(=O)NC1CC1. The Bertz CT molecular complexity index is 1450. The lowest BCUT2D eigenvalue weighted by atomic mass is 9.97. The Kier molecular flexibility index (Phi) is 10.0. The maximum Gasteiger partial charge on any atom is 0.289 e. The highest BCUT2D eigenvalue weighted by Gasteiger charge is 2.53. The zero-order valence-corrected chi connectivity index (χ0v) is 26.9. The molecule has 1 aromatic rings. The van der Waals surface area contributed by atoms with Crippen molar-refractivity contribution in [2.75, 3.05) is 6.54 Å². The molecule has 2 saturated heterocycles. The summed E-state index contributed by atoms with van der Waals surface area (Å²) in [6, 6.07) is 3.17. The predicted octanol–water partition coefficient (Wildman–Crippen LogP) is 1.11. The van der Waals surface area contributed by atoms with Crippen LogP contribution in [0.15, 0.2) is 30.3 Å². The predicted molar refractivity (Wildman–Crippen MR) is 167 cm³/mol. The highest BCUT2D eigenvalue weighted by Crippen LogP contribution is 2.38. The lowest BCUT2D eigenvalue weighted by Crippen LogP contribution is -2.58. The van der Waals surface area contributed by atoms with Gasteiger partial charge in [-0.2, -0.15) is 0 Å². The first kappa shape index (κ1) is 33.4. The summed E-state index contributed by atoms with van der Waals surface area (Å²) in [5.41, 5.74) is 3.15. The summed E-state index contributed by atoms with van der Waals surface area (Å²) in [5.74, 6) is -3.68. The van der Waals surface area contributed by atoms with Crippen molar-refractivity contribution < 1.29 is 33.6 Å². The third-order valence-electron chi connectivity index (χ3n) is 8.74. The number of halogens is 1. The van der Waals surface area contributed by atoms with Crippen molar-refractivity contribution in [1.29, 1.82) is 0 Å². The van der Waals surface area contributed by atoms with E-state index in [0.717, 1.165) is 18.4 Å². The quantitative estimate of drug-likeness (QED) is 0.208. The molecule has 4 aliphatic rings. The zero-order valence-electron chi connectivity index (χ0n) is 26.2. The number of amides is 5. The summed E-state index contributed by atoms with van der Waals surface area (Å²) >= 11 is 6.20. The van der Waals surface area contributed by atoms with Gasteiger partial charge in [-0.3, -0.25) is 39.1 Å². The number of carbonyl (C=O) groups is 6. The summed E-state index contributed by atoms with van der Waals surface area (Å²) in [5, 5.41) is 11.3. The Labute approximate surface area is 272 Å². The first-order chi connectivity index (χ1) is 21.9. The van der Waals surface area contributed by atoms with E-state index in [1.54, 1.807) is 38.1 Å². The average Bonchev–Trinajstić information content (AvgIpc) is 3.39. The number of rotatable bonds is 12. The van der Waals surface area contributed by atoms with Crippen LogP contribution in [0.4, 0.5) is 0 Å². The lowest BCUT2D eigenvalue weighted by Gasteiger charge is -2.31. The van der Waals surface area contributed by atoms with Crippen LogP contribution in [0.3, 0.4) is 0 Å². The van der Waals surface area contributed by atoms with Gasteiger partial charge < -0.3 is 26.2 Å². The largest absolute Gasteiger partial charge is 0.347 e. The van der Waals surface area contributed by atoms with Crippen molar-refractivity contribution in [3.05, 3.63) is 40.9 Å².